The SMILES string of the molecule is CCC(Oc1nc(Oc2cc(C)cc(-c3cccc(CN)c3)c2)c(F)c(CC(=O)NC)c1F)C(=O)O. The Morgan fingerprint density at radius 2 is 1.83 bits per heavy atom. The summed E-state index contributed by atoms with van der Waals surface area (Å²) in [5, 5.41) is 11.6. The number of benzene rings is 2. The van der Waals surface area contributed by atoms with Gasteiger partial charge >= 0.3 is 5.97 Å². The number of carbonyl (C=O) groups excluding carboxylic acids is 1. The number of aromatic nitrogens is 1. The van der Waals surface area contributed by atoms with Crippen LogP contribution in [0.2, 0.25) is 0 Å². The lowest BCUT2D eigenvalue weighted by Gasteiger charge is -2.17. The molecule has 1 atom stereocenters. The number of carbonyl (C=O) groups is 2. The molecule has 8 nitrogen and oxygen atoms in total. The van der Waals surface area contributed by atoms with Crippen molar-refractivity contribution in [2.24, 2.45) is 5.73 Å². The van der Waals surface area contributed by atoms with Crippen LogP contribution in [0.4, 0.5) is 8.78 Å². The molecule has 2 aromatic carbocycles. The van der Waals surface area contributed by atoms with E-state index < -0.39 is 53.4 Å². The van der Waals surface area contributed by atoms with E-state index >= 15 is 8.78 Å². The van der Waals surface area contributed by atoms with Crippen molar-refractivity contribution in [1.29, 1.82) is 0 Å². The Kier molecular flexibility index (Phi) is 8.55. The summed E-state index contributed by atoms with van der Waals surface area (Å²) in [6.45, 7) is 3.71. The van der Waals surface area contributed by atoms with Crippen molar-refractivity contribution in [2.45, 2.75) is 39.3 Å². The van der Waals surface area contributed by atoms with E-state index in [0.29, 0.717) is 6.54 Å². The Hall–Kier alpha value is -4.05. The number of nitrogens with zero attached hydrogens (tertiary/aromatic N) is 1. The summed E-state index contributed by atoms with van der Waals surface area (Å²) in [6.07, 6.45) is -2.10. The van der Waals surface area contributed by atoms with E-state index in [1.165, 1.54) is 14.0 Å². The zero-order chi connectivity index (χ0) is 26.4. The van der Waals surface area contributed by atoms with Crippen LogP contribution in [-0.2, 0) is 22.6 Å². The number of rotatable bonds is 10. The Labute approximate surface area is 207 Å². The number of nitrogens with one attached hydrogen (secondary N) is 1. The number of nitrogens with two attached hydrogens (primary N) is 1. The minimum absolute atomic E-state index is 0.00208. The summed E-state index contributed by atoms with van der Waals surface area (Å²) in [6, 6.07) is 12.7. The third-order valence-electron chi connectivity index (χ3n) is 5.39. The zero-order valence-corrected chi connectivity index (χ0v) is 20.1. The quantitative estimate of drug-likeness (QED) is 0.383. The van der Waals surface area contributed by atoms with Gasteiger partial charge in [0.2, 0.25) is 5.91 Å². The molecular weight excluding hydrogens is 472 g/mol. The molecule has 4 N–H and O–H groups in total. The van der Waals surface area contributed by atoms with Crippen LogP contribution in [0.15, 0.2) is 42.5 Å². The van der Waals surface area contributed by atoms with Crippen molar-refractivity contribution in [1.82, 2.24) is 10.3 Å². The number of amides is 1. The second-order valence-corrected chi connectivity index (χ2v) is 8.07. The standard InChI is InChI=1S/C26H27F2N3O5/c1-4-20(26(33)34)36-25-23(28)19(12-21(32)30-3)22(27)24(31-25)35-18-9-14(2)8-17(11-18)16-7-5-6-15(10-16)13-29/h5-11,20H,4,12-13,29H2,1-3H3,(H,30,32)(H,33,34). The molecule has 0 aliphatic heterocycles. The monoisotopic (exact) mass is 499 g/mol. The number of likely N-dealkylation sites (N-methyl/N-ethyl adjacent to an activating group) is 1. The van der Waals surface area contributed by atoms with Gasteiger partial charge in [0.05, 0.1) is 6.42 Å². The van der Waals surface area contributed by atoms with Gasteiger partial charge in [0.15, 0.2) is 17.7 Å². The van der Waals surface area contributed by atoms with Gasteiger partial charge < -0.3 is 25.6 Å². The first kappa shape index (κ1) is 26.6. The van der Waals surface area contributed by atoms with Crippen molar-refractivity contribution in [2.75, 3.05) is 7.05 Å². The molecule has 0 aliphatic rings. The fourth-order valence-electron chi connectivity index (χ4n) is 3.50. The minimum atomic E-state index is -1.43. The number of ether oxygens (including phenoxy) is 2. The third kappa shape index (κ3) is 6.14. The average molecular weight is 500 g/mol. The summed E-state index contributed by atoms with van der Waals surface area (Å²) in [5.41, 5.74) is 8.43. The molecule has 0 radical (unpaired) electrons. The summed E-state index contributed by atoms with van der Waals surface area (Å²) in [5.74, 6) is -5.71. The zero-order valence-electron chi connectivity index (χ0n) is 20.1. The van der Waals surface area contributed by atoms with Crippen LogP contribution in [0.5, 0.6) is 17.5 Å². The van der Waals surface area contributed by atoms with Gasteiger partial charge in [-0.25, -0.2) is 13.6 Å². The molecule has 1 unspecified atom stereocenters. The minimum Gasteiger partial charge on any atom is -0.479 e. The van der Waals surface area contributed by atoms with Crippen LogP contribution in [0, 0.1) is 18.6 Å². The molecule has 0 saturated heterocycles. The van der Waals surface area contributed by atoms with Crippen LogP contribution in [0.3, 0.4) is 0 Å². The van der Waals surface area contributed by atoms with Crippen molar-refractivity contribution in [3.63, 3.8) is 0 Å². The van der Waals surface area contributed by atoms with Gasteiger partial charge in [-0.1, -0.05) is 31.2 Å². The number of aryl methyl sites for hydroxylation is 1. The van der Waals surface area contributed by atoms with Crippen LogP contribution >= 0.6 is 0 Å². The van der Waals surface area contributed by atoms with Crippen LogP contribution < -0.4 is 20.5 Å². The van der Waals surface area contributed by atoms with E-state index in [-0.39, 0.29) is 12.2 Å². The van der Waals surface area contributed by atoms with Crippen molar-refractivity contribution in [3.8, 4) is 28.6 Å². The molecule has 10 heteroatoms. The predicted octanol–water partition coefficient (Wildman–Crippen LogP) is 4.12. The van der Waals surface area contributed by atoms with E-state index in [1.807, 2.05) is 37.3 Å². The third-order valence-corrected chi connectivity index (χ3v) is 5.39. The van der Waals surface area contributed by atoms with E-state index in [1.54, 1.807) is 12.1 Å². The maximum Gasteiger partial charge on any atom is 0.344 e. The Balaban J connectivity index is 2.08. The molecule has 190 valence electrons. The maximum absolute atomic E-state index is 15.3. The number of carboxylic acid groups (broad SMARTS) is 1. The molecule has 1 heterocycles. The molecule has 0 saturated carbocycles. The second kappa shape index (κ2) is 11.6. The topological polar surface area (TPSA) is 124 Å². The molecule has 0 spiro atoms. The maximum atomic E-state index is 15.3. The Bertz CT molecular complexity index is 1280. The number of carboxylic acids is 1. The summed E-state index contributed by atoms with van der Waals surface area (Å²) < 4.78 is 41.3. The highest BCUT2D eigenvalue weighted by Gasteiger charge is 2.28. The van der Waals surface area contributed by atoms with Crippen molar-refractivity contribution < 1.29 is 33.0 Å². The normalized spacial score (nSPS) is 11.6. The van der Waals surface area contributed by atoms with E-state index in [9.17, 15) is 14.7 Å². The van der Waals surface area contributed by atoms with Gasteiger partial charge in [-0.2, -0.15) is 4.98 Å². The smallest absolute Gasteiger partial charge is 0.344 e. The van der Waals surface area contributed by atoms with Gasteiger partial charge in [0, 0.05) is 19.2 Å². The highest BCUT2D eigenvalue weighted by Crippen LogP contribution is 2.34. The lowest BCUT2D eigenvalue weighted by Crippen LogP contribution is -2.27. The fraction of sp³-hybridized carbons (Fsp3) is 0.269. The first-order chi connectivity index (χ1) is 17.2. The highest BCUT2D eigenvalue weighted by molar-refractivity contribution is 5.78. The average Bonchev–Trinajstić information content (AvgIpc) is 2.86. The Morgan fingerprint density at radius 3 is 2.47 bits per heavy atom. The highest BCUT2D eigenvalue weighted by atomic mass is 19.1. The molecule has 36 heavy (non-hydrogen) atoms. The second-order valence-electron chi connectivity index (χ2n) is 8.07. The molecular formula is C26H27F2N3O5. The van der Waals surface area contributed by atoms with E-state index in [2.05, 4.69) is 10.3 Å². The molecule has 3 aromatic rings. The van der Waals surface area contributed by atoms with Crippen LogP contribution in [0.25, 0.3) is 11.1 Å². The number of halogens is 2. The van der Waals surface area contributed by atoms with Crippen molar-refractivity contribution >= 4 is 11.9 Å². The largest absolute Gasteiger partial charge is 0.479 e. The summed E-state index contributed by atoms with van der Waals surface area (Å²) in [4.78, 5) is 27.1. The van der Waals surface area contributed by atoms with Gasteiger partial charge in [-0.15, -0.1) is 0 Å². The van der Waals surface area contributed by atoms with Gasteiger partial charge in [-0.3, -0.25) is 4.79 Å². The first-order valence-electron chi connectivity index (χ1n) is 11.2. The molecule has 3 rings (SSSR count). The van der Waals surface area contributed by atoms with E-state index in [4.69, 9.17) is 15.2 Å². The lowest BCUT2D eigenvalue weighted by molar-refractivity contribution is -0.145. The lowest BCUT2D eigenvalue weighted by atomic mass is 10.0. The van der Waals surface area contributed by atoms with Crippen LogP contribution in [0.1, 0.15) is 30.0 Å². The Morgan fingerprint density at radius 1 is 1.11 bits per heavy atom. The number of hydrogen-bond acceptors (Lipinski definition) is 6. The van der Waals surface area contributed by atoms with Gasteiger partial charge in [0.25, 0.3) is 11.8 Å². The number of aliphatic carboxylic acids is 1. The van der Waals surface area contributed by atoms with Gasteiger partial charge in [-0.05, 0) is 53.8 Å². The molecule has 1 aromatic heterocycles. The van der Waals surface area contributed by atoms with Crippen LogP contribution in [-0.4, -0.2) is 35.1 Å². The molecule has 0 aliphatic carbocycles. The molecule has 0 bridgehead atoms. The number of hydrogen-bond donors (Lipinski definition) is 3. The van der Waals surface area contributed by atoms with E-state index in [0.717, 1.165) is 22.3 Å². The number of pyridine rings is 1. The predicted molar refractivity (Wildman–Crippen MR) is 129 cm³/mol. The fourth-order valence-corrected chi connectivity index (χ4v) is 3.50. The van der Waals surface area contributed by atoms with Crippen molar-refractivity contribution in [3.05, 3.63) is 70.8 Å². The molecule has 1 amide bonds. The van der Waals surface area contributed by atoms with Gasteiger partial charge in [0.1, 0.15) is 5.75 Å². The first-order valence-corrected chi connectivity index (χ1v) is 11.2. The molecule has 0 fully saturated rings. The summed E-state index contributed by atoms with van der Waals surface area (Å²) >= 11 is 0. The summed E-state index contributed by atoms with van der Waals surface area (Å²) in [7, 11) is 1.32.